The predicted molar refractivity (Wildman–Crippen MR) is 83.6 cm³/mol. The Hall–Kier alpha value is -1.74. The first-order valence-corrected chi connectivity index (χ1v) is 8.31. The Labute approximate surface area is 140 Å². The summed E-state index contributed by atoms with van der Waals surface area (Å²) in [5.41, 5.74) is 0.927. The van der Waals surface area contributed by atoms with Crippen LogP contribution in [0.2, 0.25) is 0 Å². The number of rotatable bonds is 5. The van der Waals surface area contributed by atoms with E-state index in [0.717, 1.165) is 10.6 Å². The van der Waals surface area contributed by atoms with E-state index in [1.54, 1.807) is 12.1 Å². The van der Waals surface area contributed by atoms with E-state index in [4.69, 9.17) is 0 Å². The summed E-state index contributed by atoms with van der Waals surface area (Å²) in [6.45, 7) is -0.123. The van der Waals surface area contributed by atoms with E-state index in [-0.39, 0.29) is 11.9 Å². The van der Waals surface area contributed by atoms with Crippen LogP contribution < -0.4 is 5.32 Å². The topological polar surface area (TPSA) is 41.1 Å². The molecule has 0 saturated carbocycles. The number of nitrogens with one attached hydrogen (secondary N) is 1. The van der Waals surface area contributed by atoms with Crippen molar-refractivity contribution in [2.75, 3.05) is 25.0 Å². The summed E-state index contributed by atoms with van der Waals surface area (Å²) in [4.78, 5) is 1.39. The van der Waals surface area contributed by atoms with Crippen LogP contribution in [0.1, 0.15) is 17.0 Å². The van der Waals surface area contributed by atoms with E-state index in [1.165, 1.54) is 28.4 Å². The molecular formula is C15H16F4N4S. The lowest BCUT2D eigenvalue weighted by Crippen LogP contribution is -2.34. The van der Waals surface area contributed by atoms with Gasteiger partial charge in [0, 0.05) is 25.6 Å². The number of nitrogens with zero attached hydrogens (tertiary/aromatic N) is 3. The zero-order chi connectivity index (χ0) is 17.2. The van der Waals surface area contributed by atoms with Crippen LogP contribution in [-0.2, 0) is 6.42 Å². The Morgan fingerprint density at radius 2 is 1.96 bits per heavy atom. The number of benzene rings is 1. The molecule has 0 amide bonds. The number of aromatic nitrogens is 2. The smallest absolute Gasteiger partial charge is 0.356 e. The van der Waals surface area contributed by atoms with Crippen LogP contribution in [0.15, 0.2) is 24.3 Å². The van der Waals surface area contributed by atoms with E-state index >= 15 is 0 Å². The van der Waals surface area contributed by atoms with Crippen molar-refractivity contribution in [1.29, 1.82) is 0 Å². The van der Waals surface area contributed by atoms with Gasteiger partial charge in [-0.05, 0) is 24.1 Å². The highest BCUT2D eigenvalue weighted by Crippen LogP contribution is 2.24. The Morgan fingerprint density at radius 1 is 1.21 bits per heavy atom. The average molecular weight is 360 g/mol. The third kappa shape index (κ3) is 4.88. The normalized spacial score (nSPS) is 18.9. The molecule has 24 heavy (non-hydrogen) atoms. The summed E-state index contributed by atoms with van der Waals surface area (Å²) in [6.07, 6.45) is -2.98. The highest BCUT2D eigenvalue weighted by molar-refractivity contribution is 7.15. The van der Waals surface area contributed by atoms with Gasteiger partial charge in [-0.25, -0.2) is 4.39 Å². The fraction of sp³-hybridized carbons (Fsp3) is 0.467. The molecule has 1 aromatic carbocycles. The first kappa shape index (κ1) is 17.1. The van der Waals surface area contributed by atoms with Gasteiger partial charge in [-0.15, -0.1) is 10.2 Å². The highest BCUT2D eigenvalue weighted by atomic mass is 32.1. The van der Waals surface area contributed by atoms with Crippen LogP contribution in [0, 0.1) is 5.82 Å². The summed E-state index contributed by atoms with van der Waals surface area (Å²) in [5.74, 6) is -0.289. The second-order valence-electron chi connectivity index (χ2n) is 5.78. The fourth-order valence-electron chi connectivity index (χ4n) is 2.68. The van der Waals surface area contributed by atoms with Crippen LogP contribution in [-0.4, -0.2) is 46.9 Å². The molecule has 1 N–H and O–H groups in total. The zero-order valence-corrected chi connectivity index (χ0v) is 13.5. The molecule has 1 saturated heterocycles. The van der Waals surface area contributed by atoms with Gasteiger partial charge in [0.15, 0.2) is 0 Å². The second-order valence-corrected chi connectivity index (χ2v) is 6.85. The SMILES string of the molecule is Fc1ccc(Cc2nnc(NC3CCN(CC(F)(F)F)C3)s2)cc1. The third-order valence-electron chi connectivity index (χ3n) is 3.74. The van der Waals surface area contributed by atoms with Crippen molar-refractivity contribution >= 4 is 16.5 Å². The molecule has 0 aliphatic carbocycles. The van der Waals surface area contributed by atoms with Crippen molar-refractivity contribution in [3.05, 3.63) is 40.7 Å². The maximum atomic E-state index is 12.9. The molecule has 2 heterocycles. The molecule has 1 atom stereocenters. The summed E-state index contributed by atoms with van der Waals surface area (Å²) < 4.78 is 50.1. The largest absolute Gasteiger partial charge is 0.401 e. The molecule has 2 aromatic rings. The van der Waals surface area contributed by atoms with E-state index in [9.17, 15) is 17.6 Å². The second kappa shape index (κ2) is 7.02. The molecule has 9 heteroatoms. The lowest BCUT2D eigenvalue weighted by atomic mass is 10.2. The minimum absolute atomic E-state index is 0.0565. The summed E-state index contributed by atoms with van der Waals surface area (Å²) in [6, 6.07) is 6.11. The summed E-state index contributed by atoms with van der Waals surface area (Å²) in [7, 11) is 0. The van der Waals surface area contributed by atoms with E-state index < -0.39 is 12.7 Å². The number of halogens is 4. The maximum absolute atomic E-state index is 12.9. The van der Waals surface area contributed by atoms with Gasteiger partial charge in [0.2, 0.25) is 5.13 Å². The highest BCUT2D eigenvalue weighted by Gasteiger charge is 2.34. The van der Waals surface area contributed by atoms with Gasteiger partial charge in [-0.3, -0.25) is 4.90 Å². The maximum Gasteiger partial charge on any atom is 0.401 e. The van der Waals surface area contributed by atoms with Crippen molar-refractivity contribution in [3.8, 4) is 0 Å². The van der Waals surface area contributed by atoms with Crippen molar-refractivity contribution in [1.82, 2.24) is 15.1 Å². The Kier molecular flexibility index (Phi) is 5.00. The first-order chi connectivity index (χ1) is 11.4. The Morgan fingerprint density at radius 3 is 2.67 bits per heavy atom. The summed E-state index contributed by atoms with van der Waals surface area (Å²) in [5, 5.41) is 12.6. The third-order valence-corrected chi connectivity index (χ3v) is 4.59. The molecule has 1 aromatic heterocycles. The van der Waals surface area contributed by atoms with Gasteiger partial charge in [0.25, 0.3) is 0 Å². The first-order valence-electron chi connectivity index (χ1n) is 7.50. The molecule has 1 aliphatic rings. The fourth-order valence-corrected chi connectivity index (χ4v) is 3.53. The molecule has 130 valence electrons. The number of hydrogen-bond donors (Lipinski definition) is 1. The monoisotopic (exact) mass is 360 g/mol. The predicted octanol–water partition coefficient (Wildman–Crippen LogP) is 3.32. The van der Waals surface area contributed by atoms with E-state index in [2.05, 4.69) is 15.5 Å². The van der Waals surface area contributed by atoms with Crippen molar-refractivity contribution in [2.24, 2.45) is 0 Å². The van der Waals surface area contributed by atoms with Crippen molar-refractivity contribution < 1.29 is 17.6 Å². The molecule has 1 unspecified atom stereocenters. The minimum Gasteiger partial charge on any atom is -0.356 e. The van der Waals surface area contributed by atoms with Crippen molar-refractivity contribution in [2.45, 2.75) is 25.1 Å². The van der Waals surface area contributed by atoms with Gasteiger partial charge in [-0.1, -0.05) is 23.5 Å². The quantitative estimate of drug-likeness (QED) is 0.831. The molecule has 0 spiro atoms. The van der Waals surface area contributed by atoms with Gasteiger partial charge in [0.05, 0.1) is 6.54 Å². The van der Waals surface area contributed by atoms with Gasteiger partial charge >= 0.3 is 6.18 Å². The number of alkyl halides is 3. The zero-order valence-electron chi connectivity index (χ0n) is 12.7. The standard InChI is InChI=1S/C15H16F4N4S/c16-11-3-1-10(2-4-11)7-13-21-22-14(24-13)20-12-5-6-23(8-12)9-15(17,18)19/h1-4,12H,5-9H2,(H,20,22). The number of hydrogen-bond acceptors (Lipinski definition) is 5. The molecule has 1 fully saturated rings. The molecule has 1 aliphatic heterocycles. The molecule has 0 bridgehead atoms. The average Bonchev–Trinajstić information content (AvgIpc) is 3.10. The van der Waals surface area contributed by atoms with Crippen LogP contribution in [0.25, 0.3) is 0 Å². The number of likely N-dealkylation sites (tertiary alicyclic amines) is 1. The van der Waals surface area contributed by atoms with Crippen molar-refractivity contribution in [3.63, 3.8) is 0 Å². The van der Waals surface area contributed by atoms with Crippen LogP contribution in [0.5, 0.6) is 0 Å². The van der Waals surface area contributed by atoms with E-state index in [0.29, 0.717) is 31.1 Å². The lowest BCUT2D eigenvalue weighted by Gasteiger charge is -2.17. The Balaban J connectivity index is 1.52. The van der Waals surface area contributed by atoms with Gasteiger partial charge in [-0.2, -0.15) is 13.2 Å². The van der Waals surface area contributed by atoms with E-state index in [1.807, 2.05) is 0 Å². The van der Waals surface area contributed by atoms with Gasteiger partial charge < -0.3 is 5.32 Å². The van der Waals surface area contributed by atoms with Crippen LogP contribution in [0.4, 0.5) is 22.7 Å². The summed E-state index contributed by atoms with van der Waals surface area (Å²) >= 11 is 1.37. The van der Waals surface area contributed by atoms with Gasteiger partial charge in [0.1, 0.15) is 10.8 Å². The molecule has 4 nitrogen and oxygen atoms in total. The number of anilines is 1. The lowest BCUT2D eigenvalue weighted by molar-refractivity contribution is -0.143. The molecule has 3 rings (SSSR count). The minimum atomic E-state index is -4.17. The Bertz CT molecular complexity index is 671. The molecular weight excluding hydrogens is 344 g/mol. The van der Waals surface area contributed by atoms with Crippen LogP contribution >= 0.6 is 11.3 Å². The van der Waals surface area contributed by atoms with Crippen LogP contribution in [0.3, 0.4) is 0 Å². The molecule has 0 radical (unpaired) electrons.